The molecule has 2 fully saturated rings. The predicted octanol–water partition coefficient (Wildman–Crippen LogP) is 1.42. The van der Waals surface area contributed by atoms with Gasteiger partial charge >= 0.3 is 12.0 Å². The zero-order valence-corrected chi connectivity index (χ0v) is 16.0. The molecular formula is C20H23N5O4. The number of aryl methyl sites for hydroxylation is 1. The van der Waals surface area contributed by atoms with Crippen LogP contribution in [0.2, 0.25) is 0 Å². The van der Waals surface area contributed by atoms with Crippen molar-refractivity contribution in [3.8, 4) is 0 Å². The van der Waals surface area contributed by atoms with Gasteiger partial charge in [-0.15, -0.1) is 0 Å². The van der Waals surface area contributed by atoms with Crippen molar-refractivity contribution < 1.29 is 19.5 Å². The Balaban J connectivity index is 1.41. The number of benzene rings is 1. The van der Waals surface area contributed by atoms with E-state index in [2.05, 4.69) is 15.7 Å². The number of carboxylic acid groups (broad SMARTS) is 1. The number of likely N-dealkylation sites (tertiary alicyclic amines) is 1. The van der Waals surface area contributed by atoms with Gasteiger partial charge in [0.2, 0.25) is 5.91 Å². The number of urea groups is 1. The number of hydrogen-bond donors (Lipinski definition) is 3. The molecule has 2 aromatic rings. The maximum absolute atomic E-state index is 12.6. The van der Waals surface area contributed by atoms with Crippen LogP contribution in [-0.2, 0) is 18.4 Å². The van der Waals surface area contributed by atoms with Crippen molar-refractivity contribution in [3.63, 3.8) is 0 Å². The van der Waals surface area contributed by atoms with Gasteiger partial charge in [0.05, 0.1) is 23.3 Å². The van der Waals surface area contributed by atoms with Crippen LogP contribution < -0.4 is 10.6 Å². The van der Waals surface area contributed by atoms with Gasteiger partial charge in [-0.2, -0.15) is 5.10 Å². The molecule has 1 aromatic carbocycles. The second kappa shape index (κ2) is 7.57. The molecule has 0 spiro atoms. The van der Waals surface area contributed by atoms with Crippen LogP contribution in [0.15, 0.2) is 36.5 Å². The van der Waals surface area contributed by atoms with E-state index in [0.29, 0.717) is 0 Å². The maximum Gasteiger partial charge on any atom is 0.335 e. The van der Waals surface area contributed by atoms with E-state index in [0.717, 1.165) is 24.1 Å². The number of aromatic nitrogens is 2. The summed E-state index contributed by atoms with van der Waals surface area (Å²) in [5.74, 6) is -0.942. The van der Waals surface area contributed by atoms with Crippen LogP contribution in [0.1, 0.15) is 46.9 Å². The van der Waals surface area contributed by atoms with Crippen LogP contribution in [-0.4, -0.2) is 49.8 Å². The lowest BCUT2D eigenvalue weighted by Crippen LogP contribution is -2.45. The van der Waals surface area contributed by atoms with Gasteiger partial charge in [0.15, 0.2) is 0 Å². The summed E-state index contributed by atoms with van der Waals surface area (Å²) in [4.78, 5) is 37.9. The summed E-state index contributed by atoms with van der Waals surface area (Å²) in [5, 5.41) is 18.9. The van der Waals surface area contributed by atoms with E-state index in [1.54, 1.807) is 23.0 Å². The number of carbonyl (C=O) groups is 3. The Bertz CT molecular complexity index is 935. The van der Waals surface area contributed by atoms with E-state index in [9.17, 15) is 14.4 Å². The van der Waals surface area contributed by atoms with Crippen LogP contribution in [0.3, 0.4) is 0 Å². The van der Waals surface area contributed by atoms with Crippen LogP contribution in [0.5, 0.6) is 0 Å². The average molecular weight is 397 g/mol. The van der Waals surface area contributed by atoms with E-state index in [1.165, 1.54) is 12.1 Å². The molecule has 1 aliphatic heterocycles. The molecule has 2 atom stereocenters. The van der Waals surface area contributed by atoms with E-state index < -0.39 is 5.97 Å². The number of carboxylic acids is 1. The Labute approximate surface area is 167 Å². The lowest BCUT2D eigenvalue weighted by molar-refractivity contribution is -0.129. The molecule has 1 aromatic heterocycles. The fourth-order valence-corrected chi connectivity index (χ4v) is 3.86. The smallest absolute Gasteiger partial charge is 0.335 e. The zero-order valence-electron chi connectivity index (χ0n) is 16.0. The molecule has 152 valence electrons. The first-order chi connectivity index (χ1) is 13.9. The topological polar surface area (TPSA) is 117 Å². The molecular weight excluding hydrogens is 374 g/mol. The number of hydrogen-bond acceptors (Lipinski definition) is 4. The molecule has 4 rings (SSSR count). The molecule has 2 heterocycles. The van der Waals surface area contributed by atoms with Crippen molar-refractivity contribution in [1.82, 2.24) is 25.3 Å². The Morgan fingerprint density at radius 1 is 1.21 bits per heavy atom. The molecule has 1 saturated carbocycles. The van der Waals surface area contributed by atoms with Crippen molar-refractivity contribution in [2.45, 2.75) is 43.9 Å². The van der Waals surface area contributed by atoms with Gasteiger partial charge in [-0.05, 0) is 36.6 Å². The van der Waals surface area contributed by atoms with Crippen molar-refractivity contribution in [2.24, 2.45) is 7.05 Å². The van der Waals surface area contributed by atoms with Gasteiger partial charge in [-0.3, -0.25) is 9.48 Å². The predicted molar refractivity (Wildman–Crippen MR) is 103 cm³/mol. The zero-order chi connectivity index (χ0) is 20.5. The van der Waals surface area contributed by atoms with Crippen molar-refractivity contribution in [3.05, 3.63) is 53.3 Å². The second-order valence-corrected chi connectivity index (χ2v) is 7.50. The lowest BCUT2D eigenvalue weighted by Gasteiger charge is -2.28. The molecule has 0 unspecified atom stereocenters. The summed E-state index contributed by atoms with van der Waals surface area (Å²) in [6.07, 6.45) is 3.94. The molecule has 9 heteroatoms. The molecule has 3 amide bonds. The number of aromatic carboxylic acids is 1. The fourth-order valence-electron chi connectivity index (χ4n) is 3.86. The molecule has 0 bridgehead atoms. The Morgan fingerprint density at radius 3 is 2.52 bits per heavy atom. The van der Waals surface area contributed by atoms with Gasteiger partial charge < -0.3 is 20.6 Å². The summed E-state index contributed by atoms with van der Waals surface area (Å²) in [5.41, 5.74) is 1.88. The maximum atomic E-state index is 12.6. The van der Waals surface area contributed by atoms with Crippen LogP contribution in [0, 0.1) is 0 Å². The number of carbonyl (C=O) groups excluding carboxylic acids is 2. The minimum absolute atomic E-state index is 0.0493. The molecule has 9 nitrogen and oxygen atoms in total. The SMILES string of the molecule is Cn1nccc1[C@H]1[C@H](NC(=O)NCc2ccc(C(=O)O)cc2)CC(=O)N1C1CC1. The summed E-state index contributed by atoms with van der Waals surface area (Å²) in [6.45, 7) is 0.259. The molecule has 29 heavy (non-hydrogen) atoms. The highest BCUT2D eigenvalue weighted by Gasteiger charge is 2.48. The third-order valence-corrected chi connectivity index (χ3v) is 5.44. The third kappa shape index (κ3) is 3.94. The summed E-state index contributed by atoms with van der Waals surface area (Å²) in [6, 6.07) is 7.51. The highest BCUT2D eigenvalue weighted by molar-refractivity contribution is 5.87. The number of amides is 3. The molecule has 1 saturated heterocycles. The normalized spacial score (nSPS) is 21.3. The van der Waals surface area contributed by atoms with Gasteiger partial charge in [0, 0.05) is 32.3 Å². The van der Waals surface area contributed by atoms with Gasteiger partial charge in [-0.1, -0.05) is 12.1 Å². The summed E-state index contributed by atoms with van der Waals surface area (Å²) >= 11 is 0. The summed E-state index contributed by atoms with van der Waals surface area (Å²) < 4.78 is 1.75. The molecule has 1 aliphatic carbocycles. The van der Waals surface area contributed by atoms with E-state index in [1.807, 2.05) is 18.0 Å². The molecule has 2 aliphatic rings. The highest BCUT2D eigenvalue weighted by atomic mass is 16.4. The number of rotatable bonds is 6. The van der Waals surface area contributed by atoms with Crippen molar-refractivity contribution >= 4 is 17.9 Å². The number of nitrogens with zero attached hydrogens (tertiary/aromatic N) is 3. The van der Waals surface area contributed by atoms with Gasteiger partial charge in [0.25, 0.3) is 0 Å². The summed E-state index contributed by atoms with van der Waals surface area (Å²) in [7, 11) is 1.83. The molecule has 0 radical (unpaired) electrons. The first-order valence-corrected chi connectivity index (χ1v) is 9.59. The van der Waals surface area contributed by atoms with Crippen LogP contribution >= 0.6 is 0 Å². The molecule has 3 N–H and O–H groups in total. The van der Waals surface area contributed by atoms with E-state index in [-0.39, 0.29) is 48.6 Å². The lowest BCUT2D eigenvalue weighted by atomic mass is 10.1. The number of nitrogens with one attached hydrogen (secondary N) is 2. The van der Waals surface area contributed by atoms with Crippen LogP contribution in [0.25, 0.3) is 0 Å². The first kappa shape index (κ1) is 19.0. The first-order valence-electron chi connectivity index (χ1n) is 9.59. The standard InChI is InChI=1S/C20H23N5O4/c1-24-16(8-9-22-24)18-15(10-17(26)25(18)14-6-7-14)23-20(29)21-11-12-2-4-13(5-3-12)19(27)28/h2-5,8-9,14-15,18H,6-7,10-11H2,1H3,(H,27,28)(H2,21,23,29)/t15-,18-/m1/s1. The van der Waals surface area contributed by atoms with Gasteiger partial charge in [0.1, 0.15) is 0 Å². The third-order valence-electron chi connectivity index (χ3n) is 5.44. The monoisotopic (exact) mass is 397 g/mol. The second-order valence-electron chi connectivity index (χ2n) is 7.50. The van der Waals surface area contributed by atoms with Crippen LogP contribution in [0.4, 0.5) is 4.79 Å². The Hall–Kier alpha value is -3.36. The van der Waals surface area contributed by atoms with E-state index >= 15 is 0 Å². The van der Waals surface area contributed by atoms with Crippen molar-refractivity contribution in [2.75, 3.05) is 0 Å². The Morgan fingerprint density at radius 2 is 1.93 bits per heavy atom. The minimum Gasteiger partial charge on any atom is -0.478 e. The van der Waals surface area contributed by atoms with Crippen molar-refractivity contribution in [1.29, 1.82) is 0 Å². The minimum atomic E-state index is -0.991. The Kier molecular flexibility index (Phi) is 4.96. The largest absolute Gasteiger partial charge is 0.478 e. The van der Waals surface area contributed by atoms with E-state index in [4.69, 9.17) is 5.11 Å². The van der Waals surface area contributed by atoms with Gasteiger partial charge in [-0.25, -0.2) is 9.59 Å². The average Bonchev–Trinajstić information content (AvgIpc) is 3.36. The fraction of sp³-hybridized carbons (Fsp3) is 0.400. The quantitative estimate of drug-likeness (QED) is 0.682. The highest BCUT2D eigenvalue weighted by Crippen LogP contribution is 2.41.